The third kappa shape index (κ3) is 3.80. The summed E-state index contributed by atoms with van der Waals surface area (Å²) in [5, 5.41) is 24.8. The van der Waals surface area contributed by atoms with Crippen molar-refractivity contribution in [3.05, 3.63) is 47.0 Å². The Morgan fingerprint density at radius 1 is 1.07 bits per heavy atom. The molecule has 2 heterocycles. The van der Waals surface area contributed by atoms with Crippen molar-refractivity contribution in [1.29, 1.82) is 0 Å². The molecular weight excluding hydrogens is 584 g/mol. The highest BCUT2D eigenvalue weighted by Gasteiger charge is 2.88. The number of ether oxygens (including phenoxy) is 2. The lowest BCUT2D eigenvalue weighted by Gasteiger charge is -2.73. The van der Waals surface area contributed by atoms with Crippen molar-refractivity contribution in [2.75, 3.05) is 6.61 Å². The topological polar surface area (TPSA) is 127 Å². The minimum atomic E-state index is -2.31. The Morgan fingerprint density at radius 3 is 2.43 bits per heavy atom. The quantitative estimate of drug-likeness (QED) is 0.270. The van der Waals surface area contributed by atoms with Gasteiger partial charge in [-0.3, -0.25) is 19.2 Å². The van der Waals surface area contributed by atoms with Gasteiger partial charge >= 0.3 is 5.97 Å². The monoisotopic (exact) mass is 624 g/mol. The lowest BCUT2D eigenvalue weighted by Crippen LogP contribution is -2.85. The minimum Gasteiger partial charge on any atom is -0.460 e. The van der Waals surface area contributed by atoms with E-state index in [1.165, 1.54) is 0 Å². The van der Waals surface area contributed by atoms with Crippen LogP contribution in [0.4, 0.5) is 0 Å². The fourth-order valence-electron chi connectivity index (χ4n) is 10.6. The maximum absolute atomic E-state index is 14.3. The smallest absolute Gasteiger partial charge is 0.309 e. The number of Topliss-reactive ketones (excluding diaryl/α,β-unsaturated/α-hetero) is 3. The number of fused-ring (bicyclic) bond motifs is 2. The second kappa shape index (κ2) is 10.1. The molecule has 2 spiro atoms. The predicted molar refractivity (Wildman–Crippen MR) is 159 cm³/mol. The first-order valence-corrected chi connectivity index (χ1v) is 16.5. The molecule has 7 aliphatic rings. The van der Waals surface area contributed by atoms with Crippen LogP contribution in [0.2, 0.25) is 5.02 Å². The van der Waals surface area contributed by atoms with E-state index in [-0.39, 0.29) is 29.7 Å². The highest BCUT2D eigenvalue weighted by atomic mass is 35.5. The molecule has 8 atom stereocenters. The van der Waals surface area contributed by atoms with Crippen LogP contribution in [-0.4, -0.2) is 58.1 Å². The van der Waals surface area contributed by atoms with Gasteiger partial charge in [0.05, 0.1) is 17.9 Å². The summed E-state index contributed by atoms with van der Waals surface area (Å²) in [6, 6.07) is 6.86. The Morgan fingerprint density at radius 2 is 1.75 bits per heavy atom. The van der Waals surface area contributed by atoms with Crippen LogP contribution >= 0.6 is 11.6 Å². The third-order valence-corrected chi connectivity index (χ3v) is 12.9. The maximum Gasteiger partial charge on any atom is 0.309 e. The molecule has 2 aliphatic heterocycles. The summed E-state index contributed by atoms with van der Waals surface area (Å²) in [5.41, 5.74) is -2.53. The van der Waals surface area contributed by atoms with E-state index in [9.17, 15) is 29.4 Å². The Labute approximate surface area is 262 Å². The van der Waals surface area contributed by atoms with Crippen LogP contribution in [0.25, 0.3) is 0 Å². The highest BCUT2D eigenvalue weighted by molar-refractivity contribution is 6.30. The summed E-state index contributed by atoms with van der Waals surface area (Å²) in [6.45, 7) is 8.02. The Balaban J connectivity index is 1.14. The van der Waals surface area contributed by atoms with Crippen molar-refractivity contribution in [3.63, 3.8) is 0 Å². The normalized spacial score (nSPS) is 43.8. The van der Waals surface area contributed by atoms with Crippen molar-refractivity contribution >= 4 is 34.9 Å². The average Bonchev–Trinajstić information content (AvgIpc) is 3.10. The minimum absolute atomic E-state index is 0.0471. The second-order valence-electron chi connectivity index (χ2n) is 15.0. The average molecular weight is 625 g/mol. The van der Waals surface area contributed by atoms with E-state index in [1.807, 2.05) is 13.8 Å². The van der Waals surface area contributed by atoms with Gasteiger partial charge in [-0.1, -0.05) is 32.0 Å². The van der Waals surface area contributed by atoms with Crippen LogP contribution in [0.15, 0.2) is 36.4 Å². The van der Waals surface area contributed by atoms with Gasteiger partial charge in [-0.15, -0.1) is 0 Å². The lowest BCUT2D eigenvalue weighted by molar-refractivity contribution is -0.437. The first-order chi connectivity index (χ1) is 20.8. The molecule has 0 radical (unpaired) electrons. The largest absolute Gasteiger partial charge is 0.460 e. The SMILES string of the molecule is C=C1C(=O)[C@]23[C@H](OC(=O)C4CCC(CC(=O)c5ccc(Cl)cc5)CC4)[C@H]1CC[C@H]2[C@@]12CO[C@@]3(O)[C@@H](O)[C@@H]1C(C)(C)CCC2=O. The lowest BCUT2D eigenvalue weighted by atomic mass is 9.36. The fraction of sp³-hybridized carbons (Fsp3) is 0.657. The summed E-state index contributed by atoms with van der Waals surface area (Å²) >= 11 is 5.95. The number of carbonyl (C=O) groups is 4. The number of hydrogen-bond acceptors (Lipinski definition) is 8. The maximum atomic E-state index is 14.3. The molecule has 0 amide bonds. The number of benzene rings is 1. The molecule has 1 aromatic carbocycles. The zero-order valence-corrected chi connectivity index (χ0v) is 26.1. The van der Waals surface area contributed by atoms with Crippen molar-refractivity contribution in [2.45, 2.75) is 89.6 Å². The molecule has 5 saturated carbocycles. The summed E-state index contributed by atoms with van der Waals surface area (Å²) in [5.74, 6) is -5.23. The molecule has 8 rings (SSSR count). The van der Waals surface area contributed by atoms with Crippen LogP contribution in [0, 0.1) is 45.8 Å². The number of halogens is 1. The van der Waals surface area contributed by atoms with E-state index in [1.54, 1.807) is 24.3 Å². The molecule has 0 unspecified atom stereocenters. The number of aliphatic hydroxyl groups excluding tert-OH is 1. The zero-order chi connectivity index (χ0) is 31.4. The number of ketones is 3. The molecule has 44 heavy (non-hydrogen) atoms. The van der Waals surface area contributed by atoms with Crippen LogP contribution in [0.5, 0.6) is 0 Å². The molecule has 0 aromatic heterocycles. The van der Waals surface area contributed by atoms with Gasteiger partial charge in [0.15, 0.2) is 11.6 Å². The number of carbonyl (C=O) groups excluding carboxylic acids is 4. The first-order valence-electron chi connectivity index (χ1n) is 16.1. The van der Waals surface area contributed by atoms with Crippen molar-refractivity contribution < 1.29 is 38.9 Å². The molecule has 5 aliphatic carbocycles. The van der Waals surface area contributed by atoms with Crippen molar-refractivity contribution in [2.24, 2.45) is 45.8 Å². The number of rotatable bonds is 5. The summed E-state index contributed by atoms with van der Waals surface area (Å²) in [4.78, 5) is 54.8. The van der Waals surface area contributed by atoms with Gasteiger partial charge in [-0.25, -0.2) is 0 Å². The van der Waals surface area contributed by atoms with E-state index in [2.05, 4.69) is 6.58 Å². The number of esters is 1. The van der Waals surface area contributed by atoms with Gasteiger partial charge in [0.25, 0.3) is 0 Å². The van der Waals surface area contributed by atoms with Gasteiger partial charge in [-0.2, -0.15) is 0 Å². The van der Waals surface area contributed by atoms with E-state index in [0.29, 0.717) is 68.4 Å². The molecule has 2 saturated heterocycles. The van der Waals surface area contributed by atoms with Gasteiger partial charge < -0.3 is 19.7 Å². The second-order valence-corrected chi connectivity index (χ2v) is 15.5. The van der Waals surface area contributed by atoms with E-state index in [4.69, 9.17) is 21.1 Å². The van der Waals surface area contributed by atoms with Gasteiger partial charge in [-0.05, 0) is 92.0 Å². The molecular formula is C35H41ClO8. The van der Waals surface area contributed by atoms with Gasteiger partial charge in [0.1, 0.15) is 23.4 Å². The molecule has 8 nitrogen and oxygen atoms in total. The molecule has 7 fully saturated rings. The predicted octanol–water partition coefficient (Wildman–Crippen LogP) is 4.87. The molecule has 2 N–H and O–H groups in total. The summed E-state index contributed by atoms with van der Waals surface area (Å²) in [6.07, 6.45) is 2.13. The number of hydrogen-bond donors (Lipinski definition) is 2. The fourth-order valence-corrected chi connectivity index (χ4v) is 10.7. The Kier molecular flexibility index (Phi) is 6.92. The van der Waals surface area contributed by atoms with Gasteiger partial charge in [0, 0.05) is 35.3 Å². The first kappa shape index (κ1) is 30.3. The third-order valence-electron chi connectivity index (χ3n) is 12.7. The molecule has 236 valence electrons. The van der Waals surface area contributed by atoms with E-state index < -0.39 is 69.7 Å². The van der Waals surface area contributed by atoms with Crippen molar-refractivity contribution in [1.82, 2.24) is 0 Å². The molecule has 9 heteroatoms. The molecule has 1 aromatic rings. The van der Waals surface area contributed by atoms with Crippen molar-refractivity contribution in [3.8, 4) is 0 Å². The van der Waals surface area contributed by atoms with E-state index >= 15 is 0 Å². The standard InChI is InChI=1S/C35H41ClO8/c1-18-23-12-13-25-33-17-43-35(42,29(40)27(33)32(2,3)15-14-26(33)38)34(25,28(18)39)30(23)44-31(41)21-6-4-19(5-7-21)16-24(37)20-8-10-22(36)11-9-20/h8-11,19,21,23,25,27,29-30,40,42H,1,4-7,12-17H2,2-3H3/t19?,21?,23-,25-,27+,29-,30+,33+,34-,35-/m0/s1. The Bertz CT molecular complexity index is 1440. The van der Waals surface area contributed by atoms with Crippen LogP contribution < -0.4 is 0 Å². The van der Waals surface area contributed by atoms with Gasteiger partial charge in [0.2, 0.25) is 5.79 Å². The van der Waals surface area contributed by atoms with Crippen LogP contribution in [0.1, 0.15) is 82.0 Å². The Hall–Kier alpha value is -2.39. The zero-order valence-electron chi connectivity index (χ0n) is 25.4. The summed E-state index contributed by atoms with van der Waals surface area (Å²) in [7, 11) is 0. The van der Waals surface area contributed by atoms with E-state index in [0.717, 1.165) is 0 Å². The molecule has 4 bridgehead atoms. The highest BCUT2D eigenvalue weighted by Crippen LogP contribution is 2.76. The number of aliphatic hydroxyl groups is 2. The van der Waals surface area contributed by atoms with Crippen LogP contribution in [0.3, 0.4) is 0 Å². The van der Waals surface area contributed by atoms with Crippen LogP contribution in [-0.2, 0) is 23.9 Å². The summed E-state index contributed by atoms with van der Waals surface area (Å²) < 4.78 is 12.3.